The molecule has 0 bridgehead atoms. The van der Waals surface area contributed by atoms with Crippen molar-refractivity contribution in [3.63, 3.8) is 0 Å². The largest absolute Gasteiger partial charge is 0.489 e. The molecule has 2 N–H and O–H groups in total. The van der Waals surface area contributed by atoms with Gasteiger partial charge in [0.05, 0.1) is 18.0 Å². The Morgan fingerprint density at radius 2 is 2.29 bits per heavy atom. The van der Waals surface area contributed by atoms with Gasteiger partial charge in [0.25, 0.3) is 0 Å². The Labute approximate surface area is 84.3 Å². The fourth-order valence-electron chi connectivity index (χ4n) is 1.41. The summed E-state index contributed by atoms with van der Waals surface area (Å²) in [6.07, 6.45) is 5.81. The van der Waals surface area contributed by atoms with Crippen LogP contribution in [0.4, 0.5) is 0 Å². The van der Waals surface area contributed by atoms with Crippen LogP contribution >= 0.6 is 0 Å². The summed E-state index contributed by atoms with van der Waals surface area (Å²) in [5.74, 6) is 0.860. The van der Waals surface area contributed by atoms with Crippen LogP contribution in [0.25, 0.3) is 0 Å². The van der Waals surface area contributed by atoms with E-state index in [2.05, 4.69) is 4.98 Å². The maximum Gasteiger partial charge on any atom is 0.138 e. The number of nitrogens with zero attached hydrogens (tertiary/aromatic N) is 1. The number of pyridine rings is 1. The minimum Gasteiger partial charge on any atom is -0.489 e. The monoisotopic (exact) mass is 192 g/mol. The van der Waals surface area contributed by atoms with Crippen LogP contribution < -0.4 is 10.5 Å². The summed E-state index contributed by atoms with van der Waals surface area (Å²) in [7, 11) is 0. The zero-order valence-corrected chi connectivity index (χ0v) is 8.44. The number of rotatable bonds is 3. The van der Waals surface area contributed by atoms with E-state index in [1.807, 2.05) is 19.1 Å². The van der Waals surface area contributed by atoms with Crippen molar-refractivity contribution in [2.75, 3.05) is 0 Å². The highest BCUT2D eigenvalue weighted by atomic mass is 16.5. The van der Waals surface area contributed by atoms with Gasteiger partial charge in [-0.1, -0.05) is 0 Å². The molecule has 3 heteroatoms. The van der Waals surface area contributed by atoms with Crippen LogP contribution in [0.3, 0.4) is 0 Å². The smallest absolute Gasteiger partial charge is 0.138 e. The van der Waals surface area contributed by atoms with Crippen LogP contribution in [-0.2, 0) is 0 Å². The Morgan fingerprint density at radius 3 is 2.71 bits per heavy atom. The lowest BCUT2D eigenvalue weighted by Gasteiger charge is -2.26. The van der Waals surface area contributed by atoms with E-state index in [9.17, 15) is 0 Å². The van der Waals surface area contributed by atoms with Gasteiger partial charge in [0.2, 0.25) is 0 Å². The predicted octanol–water partition coefficient (Wildman–Crippen LogP) is 2.03. The highest BCUT2D eigenvalue weighted by Crippen LogP contribution is 2.24. The standard InChI is InChI=1S/C11H16N2O/c1-8(12)11-6-5-10(7-13-11)14-9-3-2-4-9/h5-9H,2-4,12H2,1H3/t8-/m1/s1. The lowest BCUT2D eigenvalue weighted by atomic mass is 9.96. The van der Waals surface area contributed by atoms with E-state index >= 15 is 0 Å². The predicted molar refractivity (Wildman–Crippen MR) is 55.1 cm³/mol. The second-order valence-corrected chi connectivity index (χ2v) is 3.88. The molecule has 0 aromatic carbocycles. The molecule has 0 saturated heterocycles. The van der Waals surface area contributed by atoms with E-state index < -0.39 is 0 Å². The van der Waals surface area contributed by atoms with Gasteiger partial charge in [-0.25, -0.2) is 0 Å². The van der Waals surface area contributed by atoms with E-state index in [1.165, 1.54) is 19.3 Å². The Bertz CT molecular complexity index is 291. The second-order valence-electron chi connectivity index (χ2n) is 3.88. The molecule has 0 amide bonds. The highest BCUT2D eigenvalue weighted by Gasteiger charge is 2.18. The van der Waals surface area contributed by atoms with E-state index in [0.717, 1.165) is 11.4 Å². The molecule has 0 aliphatic heterocycles. The molecule has 1 aromatic rings. The Hall–Kier alpha value is -1.09. The quantitative estimate of drug-likeness (QED) is 0.797. The van der Waals surface area contributed by atoms with Gasteiger partial charge in [-0.15, -0.1) is 0 Å². The van der Waals surface area contributed by atoms with E-state index in [1.54, 1.807) is 6.20 Å². The van der Waals surface area contributed by atoms with E-state index in [4.69, 9.17) is 10.5 Å². The molecule has 1 aliphatic rings. The molecule has 2 rings (SSSR count). The van der Waals surface area contributed by atoms with Gasteiger partial charge in [0, 0.05) is 6.04 Å². The fraction of sp³-hybridized carbons (Fsp3) is 0.545. The molecule has 76 valence electrons. The van der Waals surface area contributed by atoms with Crippen molar-refractivity contribution >= 4 is 0 Å². The molecule has 1 atom stereocenters. The number of hydrogen-bond donors (Lipinski definition) is 1. The van der Waals surface area contributed by atoms with Crippen molar-refractivity contribution in [2.24, 2.45) is 5.73 Å². The summed E-state index contributed by atoms with van der Waals surface area (Å²) in [6.45, 7) is 1.93. The fourth-order valence-corrected chi connectivity index (χ4v) is 1.41. The van der Waals surface area contributed by atoms with Crippen molar-refractivity contribution in [3.05, 3.63) is 24.0 Å². The summed E-state index contributed by atoms with van der Waals surface area (Å²) in [4.78, 5) is 4.24. The molecule has 1 aromatic heterocycles. The first kappa shape index (κ1) is 9.46. The summed E-state index contributed by atoms with van der Waals surface area (Å²) in [6, 6.07) is 3.87. The van der Waals surface area contributed by atoms with Crippen molar-refractivity contribution in [2.45, 2.75) is 38.3 Å². The number of hydrogen-bond acceptors (Lipinski definition) is 3. The highest BCUT2D eigenvalue weighted by molar-refractivity contribution is 5.21. The molecule has 0 unspecified atom stereocenters. The molecule has 3 nitrogen and oxygen atoms in total. The zero-order valence-electron chi connectivity index (χ0n) is 8.44. The van der Waals surface area contributed by atoms with Crippen molar-refractivity contribution in [3.8, 4) is 5.75 Å². The van der Waals surface area contributed by atoms with Gasteiger partial charge in [0.15, 0.2) is 0 Å². The molecule has 1 saturated carbocycles. The summed E-state index contributed by atoms with van der Waals surface area (Å²) < 4.78 is 5.68. The van der Waals surface area contributed by atoms with Crippen LogP contribution in [0, 0.1) is 0 Å². The average Bonchev–Trinajstić information content (AvgIpc) is 2.12. The van der Waals surface area contributed by atoms with Crippen LogP contribution in [0.2, 0.25) is 0 Å². The molecule has 1 aliphatic carbocycles. The van der Waals surface area contributed by atoms with Gasteiger partial charge in [0.1, 0.15) is 5.75 Å². The first-order valence-corrected chi connectivity index (χ1v) is 5.14. The van der Waals surface area contributed by atoms with Gasteiger partial charge in [-0.2, -0.15) is 0 Å². The third-order valence-corrected chi connectivity index (χ3v) is 2.58. The molecule has 0 spiro atoms. The third-order valence-electron chi connectivity index (χ3n) is 2.58. The third kappa shape index (κ3) is 2.04. The van der Waals surface area contributed by atoms with Crippen molar-refractivity contribution in [1.29, 1.82) is 0 Å². The topological polar surface area (TPSA) is 48.1 Å². The second kappa shape index (κ2) is 3.96. The Balaban J connectivity index is 1.98. The van der Waals surface area contributed by atoms with Gasteiger partial charge < -0.3 is 10.5 Å². The van der Waals surface area contributed by atoms with Crippen LogP contribution in [-0.4, -0.2) is 11.1 Å². The molecule has 14 heavy (non-hydrogen) atoms. The molecule has 0 radical (unpaired) electrons. The minimum atomic E-state index is -0.00671. The maximum atomic E-state index is 5.70. The normalized spacial score (nSPS) is 18.7. The summed E-state index contributed by atoms with van der Waals surface area (Å²) in [5.41, 5.74) is 6.61. The summed E-state index contributed by atoms with van der Waals surface area (Å²) >= 11 is 0. The van der Waals surface area contributed by atoms with Gasteiger partial charge in [-0.05, 0) is 38.3 Å². The lowest BCUT2D eigenvalue weighted by Crippen LogP contribution is -2.24. The Kier molecular flexibility index (Phi) is 2.68. The zero-order chi connectivity index (χ0) is 9.97. The van der Waals surface area contributed by atoms with Crippen molar-refractivity contribution < 1.29 is 4.74 Å². The molecular formula is C11H16N2O. The number of nitrogens with two attached hydrogens (primary N) is 1. The maximum absolute atomic E-state index is 5.70. The van der Waals surface area contributed by atoms with Crippen LogP contribution in [0.15, 0.2) is 18.3 Å². The minimum absolute atomic E-state index is 0.00671. The molecular weight excluding hydrogens is 176 g/mol. The van der Waals surface area contributed by atoms with E-state index in [0.29, 0.717) is 6.10 Å². The lowest BCUT2D eigenvalue weighted by molar-refractivity contribution is 0.120. The SMILES string of the molecule is C[C@@H](N)c1ccc(OC2CCC2)cn1. The van der Waals surface area contributed by atoms with Crippen LogP contribution in [0.5, 0.6) is 5.75 Å². The first-order valence-electron chi connectivity index (χ1n) is 5.14. The Morgan fingerprint density at radius 1 is 1.50 bits per heavy atom. The molecule has 1 fully saturated rings. The van der Waals surface area contributed by atoms with E-state index in [-0.39, 0.29) is 6.04 Å². The van der Waals surface area contributed by atoms with Crippen LogP contribution in [0.1, 0.15) is 37.9 Å². The summed E-state index contributed by atoms with van der Waals surface area (Å²) in [5, 5.41) is 0. The van der Waals surface area contributed by atoms with Gasteiger partial charge in [-0.3, -0.25) is 4.98 Å². The van der Waals surface area contributed by atoms with Crippen molar-refractivity contribution in [1.82, 2.24) is 4.98 Å². The molecule has 1 heterocycles. The number of aromatic nitrogens is 1. The first-order chi connectivity index (χ1) is 6.75. The average molecular weight is 192 g/mol. The number of ether oxygens (including phenoxy) is 1. The van der Waals surface area contributed by atoms with Gasteiger partial charge >= 0.3 is 0 Å².